The van der Waals surface area contributed by atoms with Crippen molar-refractivity contribution in [1.29, 1.82) is 0 Å². The minimum absolute atomic E-state index is 0.336. The molecule has 0 aliphatic carbocycles. The van der Waals surface area contributed by atoms with Crippen molar-refractivity contribution in [3.8, 4) is 0 Å². The summed E-state index contributed by atoms with van der Waals surface area (Å²) in [4.78, 5) is 20.4. The largest absolute Gasteiger partial charge is 0.366 e. The number of nitrogens with zero attached hydrogens (tertiary/aromatic N) is 3. The summed E-state index contributed by atoms with van der Waals surface area (Å²) in [6, 6.07) is 2.68. The Bertz CT molecular complexity index is 580. The second-order valence-corrected chi connectivity index (χ2v) is 7.31. The third-order valence-corrected chi connectivity index (χ3v) is 5.49. The van der Waals surface area contributed by atoms with Crippen molar-refractivity contribution in [3.05, 3.63) is 22.8 Å². The summed E-state index contributed by atoms with van der Waals surface area (Å²) < 4.78 is 0. The van der Waals surface area contributed by atoms with Crippen LogP contribution in [0.1, 0.15) is 36.0 Å². The number of pyridine rings is 1. The molecule has 2 saturated heterocycles. The van der Waals surface area contributed by atoms with Crippen molar-refractivity contribution < 1.29 is 4.79 Å². The smallest absolute Gasteiger partial charge is 0.250 e. The molecule has 0 atom stereocenters. The van der Waals surface area contributed by atoms with Gasteiger partial charge in [0.15, 0.2) is 0 Å². The molecule has 3 rings (SSSR count). The summed E-state index contributed by atoms with van der Waals surface area (Å²) in [5.41, 5.74) is 5.58. The Kier molecular flexibility index (Phi) is 5.58. The van der Waals surface area contributed by atoms with Crippen LogP contribution in [0.3, 0.4) is 0 Å². The van der Waals surface area contributed by atoms with Crippen molar-refractivity contribution in [1.82, 2.24) is 14.8 Å². The Morgan fingerprint density at radius 3 is 2.50 bits per heavy atom. The third-order valence-electron chi connectivity index (χ3n) is 5.20. The Balaban J connectivity index is 1.51. The fourth-order valence-electron chi connectivity index (χ4n) is 3.64. The molecule has 1 aromatic heterocycles. The van der Waals surface area contributed by atoms with Crippen LogP contribution >= 0.6 is 11.6 Å². The minimum atomic E-state index is -0.512. The number of likely N-dealkylation sites (tertiary alicyclic amines) is 2. The van der Waals surface area contributed by atoms with Gasteiger partial charge >= 0.3 is 0 Å². The van der Waals surface area contributed by atoms with E-state index in [1.165, 1.54) is 32.1 Å². The number of primary amides is 1. The van der Waals surface area contributed by atoms with Gasteiger partial charge in [-0.05, 0) is 51.9 Å². The lowest BCUT2D eigenvalue weighted by Crippen LogP contribution is -2.48. The molecule has 7 heteroatoms. The summed E-state index contributed by atoms with van der Waals surface area (Å²) in [6.07, 6.45) is 6.20. The number of anilines is 1. The monoisotopic (exact) mass is 351 g/mol. The van der Waals surface area contributed by atoms with Crippen molar-refractivity contribution >= 4 is 23.3 Å². The van der Waals surface area contributed by atoms with Gasteiger partial charge in [-0.1, -0.05) is 11.6 Å². The molecule has 0 saturated carbocycles. The van der Waals surface area contributed by atoms with Gasteiger partial charge < -0.3 is 20.9 Å². The molecule has 24 heavy (non-hydrogen) atoms. The highest BCUT2D eigenvalue weighted by atomic mass is 35.5. The van der Waals surface area contributed by atoms with Crippen molar-refractivity contribution in [2.75, 3.05) is 38.5 Å². The Morgan fingerprint density at radius 1 is 1.25 bits per heavy atom. The van der Waals surface area contributed by atoms with Gasteiger partial charge in [0.1, 0.15) is 5.82 Å². The predicted molar refractivity (Wildman–Crippen MR) is 96.5 cm³/mol. The molecular formula is C17H26ClN5O. The molecule has 0 spiro atoms. The first kappa shape index (κ1) is 17.5. The van der Waals surface area contributed by atoms with Gasteiger partial charge in [0, 0.05) is 31.4 Å². The quantitative estimate of drug-likeness (QED) is 0.865. The summed E-state index contributed by atoms with van der Waals surface area (Å²) in [5.74, 6) is 0.127. The number of hydrogen-bond donors (Lipinski definition) is 2. The highest BCUT2D eigenvalue weighted by Gasteiger charge is 2.27. The molecule has 0 radical (unpaired) electrons. The number of amides is 1. The van der Waals surface area contributed by atoms with Gasteiger partial charge in [0.25, 0.3) is 0 Å². The number of carbonyl (C=O) groups is 1. The predicted octanol–water partition coefficient (Wildman–Crippen LogP) is 1.80. The zero-order valence-electron chi connectivity index (χ0n) is 14.2. The maximum Gasteiger partial charge on any atom is 0.250 e. The number of nitrogens with one attached hydrogen (secondary N) is 1. The minimum Gasteiger partial charge on any atom is -0.366 e. The van der Waals surface area contributed by atoms with Gasteiger partial charge in [0.05, 0.1) is 10.6 Å². The molecule has 0 unspecified atom stereocenters. The van der Waals surface area contributed by atoms with Gasteiger partial charge in [-0.15, -0.1) is 0 Å². The zero-order valence-corrected chi connectivity index (χ0v) is 14.9. The van der Waals surface area contributed by atoms with Crippen LogP contribution in [-0.4, -0.2) is 66.0 Å². The lowest BCUT2D eigenvalue weighted by atomic mass is 9.98. The number of hydrogen-bond acceptors (Lipinski definition) is 5. The van der Waals surface area contributed by atoms with Crippen LogP contribution in [0, 0.1) is 0 Å². The fourth-order valence-corrected chi connectivity index (χ4v) is 3.86. The first-order chi connectivity index (χ1) is 11.5. The van der Waals surface area contributed by atoms with Crippen LogP contribution < -0.4 is 11.1 Å². The SMILES string of the molecule is CN1CCC(N2CCC(Nc3ncc(C(N)=O)cc3Cl)CC2)CC1. The number of rotatable bonds is 4. The maximum atomic E-state index is 11.2. The molecule has 0 bridgehead atoms. The molecule has 1 amide bonds. The summed E-state index contributed by atoms with van der Waals surface area (Å²) in [6.45, 7) is 4.63. The van der Waals surface area contributed by atoms with E-state index in [1.807, 2.05) is 0 Å². The van der Waals surface area contributed by atoms with Crippen LogP contribution in [0.25, 0.3) is 0 Å². The van der Waals surface area contributed by atoms with Gasteiger partial charge in [-0.25, -0.2) is 4.98 Å². The molecule has 0 aromatic carbocycles. The van der Waals surface area contributed by atoms with Gasteiger partial charge in [-0.2, -0.15) is 0 Å². The van der Waals surface area contributed by atoms with E-state index in [0.29, 0.717) is 22.4 Å². The van der Waals surface area contributed by atoms with E-state index in [0.717, 1.165) is 32.0 Å². The number of nitrogens with two attached hydrogens (primary N) is 1. The molecule has 132 valence electrons. The van der Waals surface area contributed by atoms with E-state index < -0.39 is 5.91 Å². The molecule has 2 aliphatic heterocycles. The van der Waals surface area contributed by atoms with Crippen LogP contribution in [0.2, 0.25) is 5.02 Å². The Hall–Kier alpha value is -1.37. The fraction of sp³-hybridized carbons (Fsp3) is 0.647. The lowest BCUT2D eigenvalue weighted by Gasteiger charge is -2.41. The molecule has 3 N–H and O–H groups in total. The first-order valence-electron chi connectivity index (χ1n) is 8.67. The molecule has 2 aliphatic rings. The molecule has 6 nitrogen and oxygen atoms in total. The van der Waals surface area contributed by atoms with Crippen molar-refractivity contribution in [2.45, 2.75) is 37.8 Å². The molecule has 1 aromatic rings. The van der Waals surface area contributed by atoms with E-state index in [1.54, 1.807) is 6.07 Å². The maximum absolute atomic E-state index is 11.2. The molecule has 3 heterocycles. The number of carbonyl (C=O) groups excluding carboxylic acids is 1. The lowest BCUT2D eigenvalue weighted by molar-refractivity contribution is 0.0993. The van der Waals surface area contributed by atoms with Crippen LogP contribution in [0.5, 0.6) is 0 Å². The van der Waals surface area contributed by atoms with Crippen molar-refractivity contribution in [2.24, 2.45) is 5.73 Å². The highest BCUT2D eigenvalue weighted by molar-refractivity contribution is 6.33. The first-order valence-corrected chi connectivity index (χ1v) is 9.05. The molecular weight excluding hydrogens is 326 g/mol. The average molecular weight is 352 g/mol. The second-order valence-electron chi connectivity index (χ2n) is 6.91. The van der Waals surface area contributed by atoms with Crippen LogP contribution in [-0.2, 0) is 0 Å². The number of piperidine rings is 2. The molecule has 2 fully saturated rings. The summed E-state index contributed by atoms with van der Waals surface area (Å²) in [7, 11) is 2.20. The van der Waals surface area contributed by atoms with E-state index in [4.69, 9.17) is 17.3 Å². The Labute approximate surface area is 148 Å². The summed E-state index contributed by atoms with van der Waals surface area (Å²) in [5, 5.41) is 3.86. The number of aromatic nitrogens is 1. The normalized spacial score (nSPS) is 21.8. The second kappa shape index (κ2) is 7.68. The van der Waals surface area contributed by atoms with E-state index in [9.17, 15) is 4.79 Å². The van der Waals surface area contributed by atoms with Crippen molar-refractivity contribution in [3.63, 3.8) is 0 Å². The highest BCUT2D eigenvalue weighted by Crippen LogP contribution is 2.25. The topological polar surface area (TPSA) is 74.5 Å². The third kappa shape index (κ3) is 4.18. The zero-order chi connectivity index (χ0) is 17.1. The van der Waals surface area contributed by atoms with E-state index >= 15 is 0 Å². The van der Waals surface area contributed by atoms with Gasteiger partial charge in [0.2, 0.25) is 5.91 Å². The van der Waals surface area contributed by atoms with Crippen LogP contribution in [0.15, 0.2) is 12.3 Å². The van der Waals surface area contributed by atoms with E-state index in [-0.39, 0.29) is 0 Å². The summed E-state index contributed by atoms with van der Waals surface area (Å²) >= 11 is 6.21. The number of halogens is 1. The van der Waals surface area contributed by atoms with Gasteiger partial charge in [-0.3, -0.25) is 4.79 Å². The average Bonchev–Trinajstić information content (AvgIpc) is 2.58. The standard InChI is InChI=1S/C17H26ClN5O/c1-22-6-4-14(5-7-22)23-8-2-13(3-9-23)21-17-15(18)10-12(11-20-17)16(19)24/h10-11,13-14H,2-9H2,1H3,(H2,19,24)(H,20,21). The van der Waals surface area contributed by atoms with Crippen LogP contribution in [0.4, 0.5) is 5.82 Å². The van der Waals surface area contributed by atoms with E-state index in [2.05, 4.69) is 27.1 Å². The Morgan fingerprint density at radius 2 is 1.92 bits per heavy atom.